The van der Waals surface area contributed by atoms with E-state index in [0.717, 1.165) is 12.1 Å². The fourth-order valence-corrected chi connectivity index (χ4v) is 2.70. The lowest BCUT2D eigenvalue weighted by Gasteiger charge is -2.21. The average Bonchev–Trinajstić information content (AvgIpc) is 2.71. The molecule has 0 saturated heterocycles. The van der Waals surface area contributed by atoms with Crippen molar-refractivity contribution in [1.82, 2.24) is 0 Å². The van der Waals surface area contributed by atoms with E-state index in [4.69, 9.17) is 11.6 Å². The minimum atomic E-state index is -0.238. The van der Waals surface area contributed by atoms with Gasteiger partial charge in [0, 0.05) is 6.04 Å². The highest BCUT2D eigenvalue weighted by atomic mass is 35.5. The Hall–Kier alpha value is -0.760. The summed E-state index contributed by atoms with van der Waals surface area (Å²) in [5.74, 6) is 0.456. The molecule has 1 aliphatic rings. The zero-order valence-electron chi connectivity index (χ0n) is 9.47. The van der Waals surface area contributed by atoms with Gasteiger partial charge in [-0.3, -0.25) is 0 Å². The van der Waals surface area contributed by atoms with Crippen LogP contribution in [0.2, 0.25) is 5.02 Å². The molecule has 88 valence electrons. The molecule has 0 spiro atoms. The van der Waals surface area contributed by atoms with Crippen molar-refractivity contribution in [3.8, 4) is 0 Å². The summed E-state index contributed by atoms with van der Waals surface area (Å²) in [5, 5.41) is 3.98. The van der Waals surface area contributed by atoms with Gasteiger partial charge in [-0.25, -0.2) is 4.39 Å². The van der Waals surface area contributed by atoms with Gasteiger partial charge in [0.05, 0.1) is 10.7 Å². The standard InChI is InChI=1S/C13H17ClFN/c1-2-9-4-3-5-12(9)16-13-8-10(15)6-7-11(13)14/h6-9,12,16H,2-5H2,1H3. The van der Waals surface area contributed by atoms with E-state index in [0.29, 0.717) is 17.0 Å². The molecule has 2 rings (SSSR count). The SMILES string of the molecule is CCC1CCCC1Nc1cc(F)ccc1Cl. The molecule has 1 aromatic rings. The molecule has 0 aliphatic heterocycles. The number of halogens is 2. The highest BCUT2D eigenvalue weighted by Gasteiger charge is 2.25. The molecular formula is C13H17ClFN. The lowest BCUT2D eigenvalue weighted by atomic mass is 10.0. The summed E-state index contributed by atoms with van der Waals surface area (Å²) in [4.78, 5) is 0. The van der Waals surface area contributed by atoms with Crippen molar-refractivity contribution in [3.63, 3.8) is 0 Å². The molecule has 2 unspecified atom stereocenters. The quantitative estimate of drug-likeness (QED) is 0.823. The van der Waals surface area contributed by atoms with Gasteiger partial charge in [-0.15, -0.1) is 0 Å². The largest absolute Gasteiger partial charge is 0.381 e. The van der Waals surface area contributed by atoms with Gasteiger partial charge >= 0.3 is 0 Å². The fraction of sp³-hybridized carbons (Fsp3) is 0.538. The first-order chi connectivity index (χ1) is 7.70. The number of benzene rings is 1. The molecular weight excluding hydrogens is 225 g/mol. The molecule has 0 bridgehead atoms. The number of hydrogen-bond acceptors (Lipinski definition) is 1. The van der Waals surface area contributed by atoms with Crippen LogP contribution in [0.15, 0.2) is 18.2 Å². The molecule has 0 radical (unpaired) electrons. The Morgan fingerprint density at radius 3 is 3.00 bits per heavy atom. The maximum Gasteiger partial charge on any atom is 0.125 e. The van der Waals surface area contributed by atoms with E-state index in [1.807, 2.05) is 0 Å². The van der Waals surface area contributed by atoms with Gasteiger partial charge in [0.2, 0.25) is 0 Å². The van der Waals surface area contributed by atoms with E-state index < -0.39 is 0 Å². The molecule has 0 heterocycles. The lowest BCUT2D eigenvalue weighted by Crippen LogP contribution is -2.23. The molecule has 1 saturated carbocycles. The Bertz CT molecular complexity index is 367. The number of hydrogen-bond donors (Lipinski definition) is 1. The van der Waals surface area contributed by atoms with Crippen molar-refractivity contribution in [2.75, 3.05) is 5.32 Å². The second-order valence-electron chi connectivity index (χ2n) is 4.47. The fourth-order valence-electron chi connectivity index (χ4n) is 2.52. The van der Waals surface area contributed by atoms with Crippen molar-refractivity contribution in [1.29, 1.82) is 0 Å². The van der Waals surface area contributed by atoms with Crippen molar-refractivity contribution in [2.24, 2.45) is 5.92 Å². The van der Waals surface area contributed by atoms with Gasteiger partial charge in [-0.1, -0.05) is 31.4 Å². The van der Waals surface area contributed by atoms with Crippen LogP contribution in [-0.4, -0.2) is 6.04 Å². The van der Waals surface area contributed by atoms with E-state index in [9.17, 15) is 4.39 Å². The van der Waals surface area contributed by atoms with Gasteiger partial charge in [0.15, 0.2) is 0 Å². The minimum Gasteiger partial charge on any atom is -0.381 e. The minimum absolute atomic E-state index is 0.238. The van der Waals surface area contributed by atoms with Crippen molar-refractivity contribution < 1.29 is 4.39 Å². The van der Waals surface area contributed by atoms with E-state index in [-0.39, 0.29) is 5.82 Å². The van der Waals surface area contributed by atoms with Crippen LogP contribution in [0.5, 0.6) is 0 Å². The topological polar surface area (TPSA) is 12.0 Å². The highest BCUT2D eigenvalue weighted by Crippen LogP contribution is 2.32. The van der Waals surface area contributed by atoms with Gasteiger partial charge < -0.3 is 5.32 Å². The summed E-state index contributed by atoms with van der Waals surface area (Å²) in [6.45, 7) is 2.21. The summed E-state index contributed by atoms with van der Waals surface area (Å²) in [7, 11) is 0. The molecule has 1 aromatic carbocycles. The maximum absolute atomic E-state index is 13.1. The molecule has 1 aliphatic carbocycles. The van der Waals surface area contributed by atoms with Crippen molar-refractivity contribution >= 4 is 17.3 Å². The Kier molecular flexibility index (Phi) is 3.70. The highest BCUT2D eigenvalue weighted by molar-refractivity contribution is 6.33. The third-order valence-electron chi connectivity index (χ3n) is 3.45. The van der Waals surface area contributed by atoms with Crippen LogP contribution >= 0.6 is 11.6 Å². The lowest BCUT2D eigenvalue weighted by molar-refractivity contribution is 0.489. The Morgan fingerprint density at radius 2 is 2.25 bits per heavy atom. The molecule has 1 fully saturated rings. The van der Waals surface area contributed by atoms with Crippen LogP contribution in [0.25, 0.3) is 0 Å². The van der Waals surface area contributed by atoms with Gasteiger partial charge in [0.25, 0.3) is 0 Å². The zero-order chi connectivity index (χ0) is 11.5. The molecule has 1 nitrogen and oxygen atoms in total. The van der Waals surface area contributed by atoms with Crippen LogP contribution < -0.4 is 5.32 Å². The van der Waals surface area contributed by atoms with E-state index in [1.165, 1.54) is 31.4 Å². The molecule has 16 heavy (non-hydrogen) atoms. The molecule has 3 heteroatoms. The smallest absolute Gasteiger partial charge is 0.125 e. The molecule has 1 N–H and O–H groups in total. The van der Waals surface area contributed by atoms with Gasteiger partial charge in [-0.05, 0) is 37.0 Å². The molecule has 2 atom stereocenters. The predicted octanol–water partition coefficient (Wildman–Crippen LogP) is 4.47. The summed E-state index contributed by atoms with van der Waals surface area (Å²) in [5.41, 5.74) is 0.729. The van der Waals surface area contributed by atoms with E-state index >= 15 is 0 Å². The normalized spacial score (nSPS) is 24.7. The predicted molar refractivity (Wildman–Crippen MR) is 66.5 cm³/mol. The van der Waals surface area contributed by atoms with Crippen LogP contribution in [0.1, 0.15) is 32.6 Å². The first-order valence-corrected chi connectivity index (χ1v) is 6.30. The second kappa shape index (κ2) is 5.05. The third-order valence-corrected chi connectivity index (χ3v) is 3.78. The number of rotatable bonds is 3. The summed E-state index contributed by atoms with van der Waals surface area (Å²) >= 11 is 6.04. The third kappa shape index (κ3) is 2.49. The van der Waals surface area contributed by atoms with Gasteiger partial charge in [0.1, 0.15) is 5.82 Å². The van der Waals surface area contributed by atoms with Crippen LogP contribution in [-0.2, 0) is 0 Å². The van der Waals surface area contributed by atoms with Crippen LogP contribution in [0, 0.1) is 11.7 Å². The first kappa shape index (κ1) is 11.7. The Balaban J connectivity index is 2.11. The number of nitrogens with one attached hydrogen (secondary N) is 1. The van der Waals surface area contributed by atoms with Crippen LogP contribution in [0.4, 0.5) is 10.1 Å². The van der Waals surface area contributed by atoms with E-state index in [2.05, 4.69) is 12.2 Å². The monoisotopic (exact) mass is 241 g/mol. The first-order valence-electron chi connectivity index (χ1n) is 5.92. The second-order valence-corrected chi connectivity index (χ2v) is 4.88. The summed E-state index contributed by atoms with van der Waals surface area (Å²) < 4.78 is 13.1. The van der Waals surface area contributed by atoms with E-state index in [1.54, 1.807) is 6.07 Å². The molecule has 0 amide bonds. The molecule has 0 aromatic heterocycles. The summed E-state index contributed by atoms with van der Waals surface area (Å²) in [6, 6.07) is 4.92. The average molecular weight is 242 g/mol. The Labute approximate surface area is 101 Å². The van der Waals surface area contributed by atoms with Crippen molar-refractivity contribution in [3.05, 3.63) is 29.0 Å². The van der Waals surface area contributed by atoms with Crippen molar-refractivity contribution in [2.45, 2.75) is 38.6 Å². The maximum atomic E-state index is 13.1. The number of anilines is 1. The zero-order valence-corrected chi connectivity index (χ0v) is 10.2. The summed E-state index contributed by atoms with van der Waals surface area (Å²) in [6.07, 6.45) is 4.85. The Morgan fingerprint density at radius 1 is 1.44 bits per heavy atom. The van der Waals surface area contributed by atoms with Crippen LogP contribution in [0.3, 0.4) is 0 Å². The van der Waals surface area contributed by atoms with Gasteiger partial charge in [-0.2, -0.15) is 0 Å².